The van der Waals surface area contributed by atoms with E-state index in [4.69, 9.17) is 4.74 Å². The molecule has 1 atom stereocenters. The highest BCUT2D eigenvalue weighted by molar-refractivity contribution is 5.78. The van der Waals surface area contributed by atoms with E-state index in [1.165, 1.54) is 6.42 Å². The number of morpholine rings is 1. The molecule has 2 saturated heterocycles. The van der Waals surface area contributed by atoms with Crippen LogP contribution in [0.25, 0.3) is 0 Å². The van der Waals surface area contributed by atoms with Gasteiger partial charge < -0.3 is 14.5 Å². The first-order valence-corrected chi connectivity index (χ1v) is 5.33. The fourth-order valence-corrected chi connectivity index (χ4v) is 2.31. The molecular weight excluding hydrogens is 180 g/mol. The standard InChI is InChI=1S/C10H18N2O2/c1-11-4-2-3-9(7-11)12-5-6-14-8-10(12)13/h9H,2-8H2,1H3. The number of hydrogen-bond donors (Lipinski definition) is 0. The van der Waals surface area contributed by atoms with Gasteiger partial charge in [-0.15, -0.1) is 0 Å². The number of nitrogens with zero attached hydrogens (tertiary/aromatic N) is 2. The van der Waals surface area contributed by atoms with Gasteiger partial charge in [0.05, 0.1) is 6.61 Å². The highest BCUT2D eigenvalue weighted by Gasteiger charge is 2.28. The van der Waals surface area contributed by atoms with Crippen LogP contribution in [0.4, 0.5) is 0 Å². The van der Waals surface area contributed by atoms with Gasteiger partial charge in [-0.05, 0) is 26.4 Å². The zero-order valence-corrected chi connectivity index (χ0v) is 8.74. The maximum atomic E-state index is 11.6. The SMILES string of the molecule is CN1CCCC(N2CCOCC2=O)C1. The number of likely N-dealkylation sites (N-methyl/N-ethyl adjacent to an activating group) is 1. The van der Waals surface area contributed by atoms with Crippen LogP contribution in [0, 0.1) is 0 Å². The Labute approximate surface area is 84.8 Å². The van der Waals surface area contributed by atoms with Crippen molar-refractivity contribution in [3.63, 3.8) is 0 Å². The van der Waals surface area contributed by atoms with E-state index in [1.54, 1.807) is 0 Å². The maximum absolute atomic E-state index is 11.6. The quantitative estimate of drug-likeness (QED) is 0.592. The minimum atomic E-state index is 0.163. The molecule has 0 aliphatic carbocycles. The lowest BCUT2D eigenvalue weighted by Gasteiger charge is -2.39. The maximum Gasteiger partial charge on any atom is 0.248 e. The Morgan fingerprint density at radius 3 is 3.00 bits per heavy atom. The molecular formula is C10H18N2O2. The van der Waals surface area contributed by atoms with Crippen LogP contribution < -0.4 is 0 Å². The van der Waals surface area contributed by atoms with Crippen molar-refractivity contribution in [1.29, 1.82) is 0 Å². The number of likely N-dealkylation sites (tertiary alicyclic amines) is 1. The molecule has 2 heterocycles. The van der Waals surface area contributed by atoms with E-state index in [-0.39, 0.29) is 12.5 Å². The zero-order valence-electron chi connectivity index (χ0n) is 8.74. The minimum absolute atomic E-state index is 0.163. The summed E-state index contributed by atoms with van der Waals surface area (Å²) in [5.74, 6) is 0.163. The number of piperidine rings is 1. The summed E-state index contributed by atoms with van der Waals surface area (Å²) < 4.78 is 5.12. The summed E-state index contributed by atoms with van der Waals surface area (Å²) in [6, 6.07) is 0.421. The summed E-state index contributed by atoms with van der Waals surface area (Å²) in [6.45, 7) is 3.93. The van der Waals surface area contributed by atoms with E-state index in [0.29, 0.717) is 12.6 Å². The van der Waals surface area contributed by atoms with Crippen LogP contribution in [-0.2, 0) is 9.53 Å². The summed E-state index contributed by atoms with van der Waals surface area (Å²) in [7, 11) is 2.12. The van der Waals surface area contributed by atoms with Crippen molar-refractivity contribution in [3.05, 3.63) is 0 Å². The number of carbonyl (C=O) groups is 1. The molecule has 14 heavy (non-hydrogen) atoms. The van der Waals surface area contributed by atoms with Crippen molar-refractivity contribution < 1.29 is 9.53 Å². The second kappa shape index (κ2) is 4.28. The molecule has 80 valence electrons. The highest BCUT2D eigenvalue weighted by atomic mass is 16.5. The van der Waals surface area contributed by atoms with Crippen LogP contribution in [0.15, 0.2) is 0 Å². The van der Waals surface area contributed by atoms with Crippen molar-refractivity contribution >= 4 is 5.91 Å². The van der Waals surface area contributed by atoms with Gasteiger partial charge in [0.1, 0.15) is 6.61 Å². The molecule has 4 heteroatoms. The number of hydrogen-bond acceptors (Lipinski definition) is 3. The van der Waals surface area contributed by atoms with Crippen molar-refractivity contribution in [3.8, 4) is 0 Å². The average molecular weight is 198 g/mol. The molecule has 0 radical (unpaired) electrons. The second-order valence-electron chi connectivity index (χ2n) is 4.20. The van der Waals surface area contributed by atoms with Crippen LogP contribution in [-0.4, -0.2) is 61.6 Å². The molecule has 4 nitrogen and oxygen atoms in total. The van der Waals surface area contributed by atoms with Gasteiger partial charge >= 0.3 is 0 Å². The number of ether oxygens (including phenoxy) is 1. The Morgan fingerprint density at radius 2 is 2.29 bits per heavy atom. The first-order chi connectivity index (χ1) is 6.77. The van der Waals surface area contributed by atoms with E-state index in [9.17, 15) is 4.79 Å². The van der Waals surface area contributed by atoms with E-state index in [0.717, 1.165) is 26.1 Å². The van der Waals surface area contributed by atoms with Gasteiger partial charge in [0.25, 0.3) is 0 Å². The van der Waals surface area contributed by atoms with E-state index >= 15 is 0 Å². The van der Waals surface area contributed by atoms with Gasteiger partial charge in [0.15, 0.2) is 0 Å². The van der Waals surface area contributed by atoms with E-state index < -0.39 is 0 Å². The molecule has 0 N–H and O–H groups in total. The van der Waals surface area contributed by atoms with E-state index in [2.05, 4.69) is 11.9 Å². The smallest absolute Gasteiger partial charge is 0.248 e. The predicted molar refractivity (Wildman–Crippen MR) is 53.1 cm³/mol. The van der Waals surface area contributed by atoms with Gasteiger partial charge in [-0.3, -0.25) is 4.79 Å². The molecule has 2 aliphatic heterocycles. The van der Waals surface area contributed by atoms with Gasteiger partial charge in [0, 0.05) is 19.1 Å². The molecule has 1 unspecified atom stereocenters. The molecule has 2 fully saturated rings. The zero-order chi connectivity index (χ0) is 9.97. The Balaban J connectivity index is 1.94. The molecule has 2 rings (SSSR count). The first kappa shape index (κ1) is 9.93. The van der Waals surface area contributed by atoms with Crippen LogP contribution in [0.5, 0.6) is 0 Å². The molecule has 2 aliphatic rings. The fraction of sp³-hybridized carbons (Fsp3) is 0.900. The molecule has 0 spiro atoms. The topological polar surface area (TPSA) is 32.8 Å². The van der Waals surface area contributed by atoms with Crippen LogP contribution in [0.1, 0.15) is 12.8 Å². The average Bonchev–Trinajstić information content (AvgIpc) is 2.18. The number of carbonyl (C=O) groups excluding carboxylic acids is 1. The second-order valence-corrected chi connectivity index (χ2v) is 4.20. The number of amides is 1. The Bertz CT molecular complexity index is 220. The summed E-state index contributed by atoms with van der Waals surface area (Å²) in [5.41, 5.74) is 0. The van der Waals surface area contributed by atoms with Crippen molar-refractivity contribution in [2.45, 2.75) is 18.9 Å². The Hall–Kier alpha value is -0.610. The largest absolute Gasteiger partial charge is 0.370 e. The van der Waals surface area contributed by atoms with Gasteiger partial charge in [-0.2, -0.15) is 0 Å². The lowest BCUT2D eigenvalue weighted by atomic mass is 10.0. The summed E-state index contributed by atoms with van der Waals surface area (Å²) in [6.07, 6.45) is 2.35. The van der Waals surface area contributed by atoms with Crippen molar-refractivity contribution in [2.75, 3.05) is 39.9 Å². The Morgan fingerprint density at radius 1 is 1.43 bits per heavy atom. The molecule has 0 saturated carbocycles. The minimum Gasteiger partial charge on any atom is -0.370 e. The van der Waals surface area contributed by atoms with Crippen molar-refractivity contribution in [1.82, 2.24) is 9.80 Å². The van der Waals surface area contributed by atoms with Gasteiger partial charge in [0.2, 0.25) is 5.91 Å². The van der Waals surface area contributed by atoms with E-state index in [1.807, 2.05) is 4.90 Å². The van der Waals surface area contributed by atoms with Gasteiger partial charge in [-0.1, -0.05) is 0 Å². The number of rotatable bonds is 1. The Kier molecular flexibility index (Phi) is 3.03. The lowest BCUT2D eigenvalue weighted by molar-refractivity contribution is -0.146. The molecule has 0 aromatic heterocycles. The van der Waals surface area contributed by atoms with Crippen molar-refractivity contribution in [2.24, 2.45) is 0 Å². The third-order valence-electron chi connectivity index (χ3n) is 3.06. The third kappa shape index (κ3) is 2.07. The third-order valence-corrected chi connectivity index (χ3v) is 3.06. The normalized spacial score (nSPS) is 30.8. The molecule has 0 aromatic rings. The van der Waals surface area contributed by atoms with Crippen LogP contribution in [0.3, 0.4) is 0 Å². The fourth-order valence-electron chi connectivity index (χ4n) is 2.31. The summed E-state index contributed by atoms with van der Waals surface area (Å²) in [5, 5.41) is 0. The molecule has 1 amide bonds. The summed E-state index contributed by atoms with van der Waals surface area (Å²) >= 11 is 0. The highest BCUT2D eigenvalue weighted by Crippen LogP contribution is 2.16. The monoisotopic (exact) mass is 198 g/mol. The molecule has 0 aromatic carbocycles. The van der Waals surface area contributed by atoms with Crippen LogP contribution in [0.2, 0.25) is 0 Å². The predicted octanol–water partition coefficient (Wildman–Crippen LogP) is -0.0606. The summed E-state index contributed by atoms with van der Waals surface area (Å²) in [4.78, 5) is 15.9. The van der Waals surface area contributed by atoms with Gasteiger partial charge in [-0.25, -0.2) is 0 Å². The van der Waals surface area contributed by atoms with Crippen LogP contribution >= 0.6 is 0 Å². The lowest BCUT2D eigenvalue weighted by Crippen LogP contribution is -2.53. The molecule has 0 bridgehead atoms. The first-order valence-electron chi connectivity index (χ1n) is 5.33.